The first-order chi connectivity index (χ1) is 23.9. The Labute approximate surface area is 302 Å². The van der Waals surface area contributed by atoms with Gasteiger partial charge in [-0.1, -0.05) is 111 Å². The Balaban J connectivity index is 4.42. The third-order valence-corrected chi connectivity index (χ3v) is 9.01. The first-order valence-electron chi connectivity index (χ1n) is 20.3. The first kappa shape index (κ1) is 46.7. The number of ether oxygens (including phenoxy) is 2. The summed E-state index contributed by atoms with van der Waals surface area (Å²) in [6.07, 6.45) is 28.7. The highest BCUT2D eigenvalue weighted by Gasteiger charge is 2.14. The van der Waals surface area contributed by atoms with Crippen LogP contribution in [0.3, 0.4) is 0 Å². The Morgan fingerprint density at radius 1 is 0.653 bits per heavy atom. The molecule has 0 aliphatic rings. The van der Waals surface area contributed by atoms with Crippen molar-refractivity contribution >= 4 is 17.9 Å². The Morgan fingerprint density at radius 2 is 1.16 bits per heavy atom. The van der Waals surface area contributed by atoms with Gasteiger partial charge in [-0.05, 0) is 77.4 Å². The number of esters is 2. The number of nitrogens with zero attached hydrogens (tertiary/aromatic N) is 4. The fourth-order valence-electron chi connectivity index (χ4n) is 5.95. The van der Waals surface area contributed by atoms with Crippen molar-refractivity contribution in [2.45, 2.75) is 187 Å². The minimum absolute atomic E-state index is 0.0183. The Bertz CT molecular complexity index is 845. The van der Waals surface area contributed by atoms with E-state index in [2.05, 4.69) is 36.0 Å². The van der Waals surface area contributed by atoms with Crippen molar-refractivity contribution < 1.29 is 19.1 Å². The van der Waals surface area contributed by atoms with Crippen LogP contribution in [0, 0.1) is 11.5 Å². The lowest BCUT2D eigenvalue weighted by Crippen LogP contribution is -2.34. The molecule has 0 heterocycles. The molecule has 1 atom stereocenters. The predicted octanol–water partition coefficient (Wildman–Crippen LogP) is 9.54. The van der Waals surface area contributed by atoms with Gasteiger partial charge in [-0.2, -0.15) is 5.26 Å². The number of carbonyl (C=O) groups excluding carboxylic acids is 2. The van der Waals surface area contributed by atoms with E-state index in [0.29, 0.717) is 32.0 Å². The molecule has 9 nitrogen and oxygen atoms in total. The molecular weight excluding hydrogens is 614 g/mol. The molecule has 286 valence electrons. The van der Waals surface area contributed by atoms with Gasteiger partial charge in [0, 0.05) is 33.5 Å². The lowest BCUT2D eigenvalue weighted by molar-refractivity contribution is -0.150. The minimum Gasteiger partial charge on any atom is -0.466 e. The zero-order chi connectivity index (χ0) is 36.2. The largest absolute Gasteiger partial charge is 0.466 e. The summed E-state index contributed by atoms with van der Waals surface area (Å²) < 4.78 is 11.3. The van der Waals surface area contributed by atoms with Crippen LogP contribution in [-0.4, -0.2) is 80.7 Å². The van der Waals surface area contributed by atoms with Crippen LogP contribution in [0.1, 0.15) is 181 Å². The van der Waals surface area contributed by atoms with E-state index in [4.69, 9.17) is 14.7 Å². The van der Waals surface area contributed by atoms with Crippen molar-refractivity contribution in [3.8, 4) is 6.19 Å². The van der Waals surface area contributed by atoms with Crippen LogP contribution >= 0.6 is 0 Å². The molecule has 0 aliphatic heterocycles. The summed E-state index contributed by atoms with van der Waals surface area (Å²) in [6, 6.07) is 0. The highest BCUT2D eigenvalue weighted by Crippen LogP contribution is 2.16. The first-order valence-corrected chi connectivity index (χ1v) is 20.3. The third kappa shape index (κ3) is 31.4. The molecular formula is C40H77N5O4. The molecule has 9 heteroatoms. The second-order valence-electron chi connectivity index (χ2n) is 14.0. The van der Waals surface area contributed by atoms with Crippen molar-refractivity contribution in [1.82, 2.24) is 15.1 Å². The quantitative estimate of drug-likeness (QED) is 0.0178. The molecule has 0 aromatic heterocycles. The van der Waals surface area contributed by atoms with Crippen LogP contribution in [0.25, 0.3) is 0 Å². The van der Waals surface area contributed by atoms with E-state index in [1.165, 1.54) is 44.9 Å². The minimum atomic E-state index is -0.0556. The Kier molecular flexibility index (Phi) is 33.8. The summed E-state index contributed by atoms with van der Waals surface area (Å²) in [5.74, 6) is 0.514. The van der Waals surface area contributed by atoms with E-state index >= 15 is 0 Å². The van der Waals surface area contributed by atoms with Crippen molar-refractivity contribution in [3.05, 3.63) is 0 Å². The van der Waals surface area contributed by atoms with Crippen molar-refractivity contribution in [2.24, 2.45) is 4.99 Å². The molecule has 49 heavy (non-hydrogen) atoms. The second kappa shape index (κ2) is 35.5. The van der Waals surface area contributed by atoms with E-state index in [0.717, 1.165) is 122 Å². The summed E-state index contributed by atoms with van der Waals surface area (Å²) in [5.41, 5.74) is 0. The molecule has 0 spiro atoms. The van der Waals surface area contributed by atoms with E-state index < -0.39 is 0 Å². The van der Waals surface area contributed by atoms with Gasteiger partial charge >= 0.3 is 11.9 Å². The van der Waals surface area contributed by atoms with Gasteiger partial charge < -0.3 is 19.3 Å². The van der Waals surface area contributed by atoms with Gasteiger partial charge in [0.25, 0.3) is 0 Å². The zero-order valence-corrected chi connectivity index (χ0v) is 32.7. The number of hydrogen-bond donors (Lipinski definition) is 1. The van der Waals surface area contributed by atoms with E-state index in [-0.39, 0.29) is 18.0 Å². The van der Waals surface area contributed by atoms with Crippen LogP contribution < -0.4 is 5.32 Å². The van der Waals surface area contributed by atoms with Gasteiger partial charge in [-0.3, -0.25) is 19.9 Å². The average Bonchev–Trinajstić information content (AvgIpc) is 3.08. The fourth-order valence-corrected chi connectivity index (χ4v) is 5.95. The highest BCUT2D eigenvalue weighted by atomic mass is 16.5. The highest BCUT2D eigenvalue weighted by molar-refractivity contribution is 5.80. The number of guanidine groups is 1. The normalized spacial score (nSPS) is 12.1. The molecule has 0 radical (unpaired) electrons. The summed E-state index contributed by atoms with van der Waals surface area (Å²) in [6.45, 7) is 10.9. The lowest BCUT2D eigenvalue weighted by Gasteiger charge is -2.22. The number of unbranched alkanes of at least 4 members (excludes halogenated alkanes) is 15. The van der Waals surface area contributed by atoms with E-state index in [1.807, 2.05) is 25.2 Å². The third-order valence-electron chi connectivity index (χ3n) is 9.01. The maximum atomic E-state index is 12.5. The van der Waals surface area contributed by atoms with Crippen LogP contribution in [0.15, 0.2) is 4.99 Å². The standard InChI is InChI=1S/C40H77N5O4/c1-6-9-12-13-14-18-25-35-48-38(46)29-22-19-24-33-45(34-26-31-42-40(43-36-41)44(4)5)32-23-17-15-16-21-30-39(47)49-37(27-11-8-3)28-20-10-7-2/h37H,6-35H2,1-5H3,(H,42,43). The molecule has 0 aromatic carbocycles. The van der Waals surface area contributed by atoms with Gasteiger partial charge in [-0.25, -0.2) is 0 Å². The van der Waals surface area contributed by atoms with Gasteiger partial charge in [0.1, 0.15) is 6.10 Å². The molecule has 0 fully saturated rings. The number of rotatable bonds is 34. The van der Waals surface area contributed by atoms with E-state index in [1.54, 1.807) is 0 Å². The summed E-state index contributed by atoms with van der Waals surface area (Å²) in [7, 11) is 3.76. The molecule has 0 saturated heterocycles. The second-order valence-corrected chi connectivity index (χ2v) is 14.0. The van der Waals surface area contributed by atoms with Gasteiger partial charge in [0.2, 0.25) is 5.96 Å². The molecule has 0 bridgehead atoms. The summed E-state index contributed by atoms with van der Waals surface area (Å²) in [5, 5.41) is 11.6. The molecule has 0 amide bonds. The van der Waals surface area contributed by atoms with Gasteiger partial charge in [0.15, 0.2) is 6.19 Å². The maximum absolute atomic E-state index is 12.5. The fraction of sp³-hybridized carbons (Fsp3) is 0.900. The predicted molar refractivity (Wildman–Crippen MR) is 204 cm³/mol. The molecule has 0 aliphatic carbocycles. The van der Waals surface area contributed by atoms with Crippen LogP contribution in [0.4, 0.5) is 0 Å². The number of aliphatic imine (C=N–C) groups is 1. The van der Waals surface area contributed by atoms with E-state index in [9.17, 15) is 9.59 Å². The summed E-state index contributed by atoms with van der Waals surface area (Å²) >= 11 is 0. The Hall–Kier alpha value is -2.34. The van der Waals surface area contributed by atoms with Crippen molar-refractivity contribution in [2.75, 3.05) is 46.9 Å². The number of carbonyl (C=O) groups is 2. The molecule has 1 unspecified atom stereocenters. The monoisotopic (exact) mass is 692 g/mol. The van der Waals surface area contributed by atoms with Crippen LogP contribution in [0.2, 0.25) is 0 Å². The summed E-state index contributed by atoms with van der Waals surface area (Å²) in [4.78, 5) is 33.5. The van der Waals surface area contributed by atoms with Crippen LogP contribution in [-0.2, 0) is 19.1 Å². The maximum Gasteiger partial charge on any atom is 0.306 e. The van der Waals surface area contributed by atoms with Crippen molar-refractivity contribution in [3.63, 3.8) is 0 Å². The molecule has 0 saturated carbocycles. The smallest absolute Gasteiger partial charge is 0.306 e. The zero-order valence-electron chi connectivity index (χ0n) is 32.7. The van der Waals surface area contributed by atoms with Crippen molar-refractivity contribution in [1.29, 1.82) is 5.26 Å². The number of hydrogen-bond acceptors (Lipinski definition) is 7. The molecule has 0 rings (SSSR count). The lowest BCUT2D eigenvalue weighted by atomic mass is 10.1. The van der Waals surface area contributed by atoms with Gasteiger partial charge in [-0.15, -0.1) is 0 Å². The average molecular weight is 692 g/mol. The SMILES string of the molecule is CCCCCCCCCOC(=O)CCCCCN(CCCCCCCC(=O)OC(CCCC)CCCCC)CCCN=C(NC#N)N(C)C. The Morgan fingerprint density at radius 3 is 1.80 bits per heavy atom. The molecule has 0 aromatic rings. The topological polar surface area (TPSA) is 107 Å². The number of nitrogens with one attached hydrogen (secondary N) is 1. The molecule has 1 N–H and O–H groups in total. The van der Waals surface area contributed by atoms with Gasteiger partial charge in [0.05, 0.1) is 6.61 Å². The number of nitriles is 1. The van der Waals surface area contributed by atoms with Crippen LogP contribution in [0.5, 0.6) is 0 Å².